The summed E-state index contributed by atoms with van der Waals surface area (Å²) in [6.45, 7) is 5.08. The zero-order valence-corrected chi connectivity index (χ0v) is 13.0. The molecule has 0 saturated heterocycles. The van der Waals surface area contributed by atoms with Crippen molar-refractivity contribution in [2.24, 2.45) is 5.84 Å². The number of hydrogen-bond donors (Lipinski definition) is 2. The number of methoxy groups -OCH3 is 1. The predicted molar refractivity (Wildman–Crippen MR) is 84.0 cm³/mol. The van der Waals surface area contributed by atoms with Crippen LogP contribution in [0.3, 0.4) is 0 Å². The lowest BCUT2D eigenvalue weighted by molar-refractivity contribution is 0.397. The Morgan fingerprint density at radius 1 is 1.33 bits per heavy atom. The van der Waals surface area contributed by atoms with Gasteiger partial charge in [-0.15, -0.1) is 0 Å². The van der Waals surface area contributed by atoms with E-state index in [4.69, 9.17) is 10.6 Å². The van der Waals surface area contributed by atoms with E-state index < -0.39 is 0 Å². The van der Waals surface area contributed by atoms with Crippen LogP contribution in [0.25, 0.3) is 0 Å². The summed E-state index contributed by atoms with van der Waals surface area (Å²) in [5.41, 5.74) is 6.26. The molecule has 114 valence electrons. The maximum Gasteiger partial charge on any atom is 0.123 e. The molecule has 21 heavy (non-hydrogen) atoms. The maximum absolute atomic E-state index is 5.77. The van der Waals surface area contributed by atoms with Crippen LogP contribution in [0.1, 0.15) is 36.8 Å². The summed E-state index contributed by atoms with van der Waals surface area (Å²) in [6.07, 6.45) is 1.72. The van der Waals surface area contributed by atoms with E-state index in [-0.39, 0.29) is 6.04 Å². The van der Waals surface area contributed by atoms with Crippen molar-refractivity contribution in [1.29, 1.82) is 0 Å². The minimum atomic E-state index is -0.00661. The number of benzene rings is 1. The topological polar surface area (TPSA) is 65.1 Å². The molecule has 1 unspecified atom stereocenters. The van der Waals surface area contributed by atoms with Gasteiger partial charge in [-0.25, -0.2) is 0 Å². The van der Waals surface area contributed by atoms with Gasteiger partial charge in [-0.3, -0.25) is 16.0 Å². The highest BCUT2D eigenvalue weighted by Gasteiger charge is 2.17. The number of hydrogen-bond acceptors (Lipinski definition) is 4. The molecule has 0 fully saturated rings. The van der Waals surface area contributed by atoms with Gasteiger partial charge in [0.05, 0.1) is 18.8 Å². The Kier molecular flexibility index (Phi) is 5.36. The molecule has 0 saturated carbocycles. The third-order valence-electron chi connectivity index (χ3n) is 3.70. The van der Waals surface area contributed by atoms with Crippen LogP contribution in [0.2, 0.25) is 0 Å². The number of rotatable bonds is 7. The van der Waals surface area contributed by atoms with Gasteiger partial charge >= 0.3 is 0 Å². The second-order valence-corrected chi connectivity index (χ2v) is 4.96. The Bertz CT molecular complexity index is 579. The minimum absolute atomic E-state index is 0.00661. The summed E-state index contributed by atoms with van der Waals surface area (Å²) in [6, 6.07) is 10.1. The lowest BCUT2D eigenvalue weighted by Crippen LogP contribution is -2.30. The van der Waals surface area contributed by atoms with Crippen LogP contribution in [0.5, 0.6) is 5.75 Å². The molecule has 0 amide bonds. The summed E-state index contributed by atoms with van der Waals surface area (Å²) in [5, 5.41) is 4.59. The minimum Gasteiger partial charge on any atom is -0.496 e. The highest BCUT2D eigenvalue weighted by atomic mass is 16.5. The van der Waals surface area contributed by atoms with Crippen molar-refractivity contribution in [3.05, 3.63) is 47.3 Å². The summed E-state index contributed by atoms with van der Waals surface area (Å²) >= 11 is 0. The number of nitrogens with zero attached hydrogens (tertiary/aromatic N) is 2. The Balaban J connectivity index is 2.28. The molecule has 2 aromatic rings. The first-order valence-electron chi connectivity index (χ1n) is 7.38. The van der Waals surface area contributed by atoms with Gasteiger partial charge in [-0.1, -0.05) is 25.1 Å². The van der Waals surface area contributed by atoms with Gasteiger partial charge in [0.2, 0.25) is 0 Å². The highest BCUT2D eigenvalue weighted by molar-refractivity contribution is 5.36. The smallest absolute Gasteiger partial charge is 0.123 e. The molecule has 3 N–H and O–H groups in total. The van der Waals surface area contributed by atoms with E-state index in [1.807, 2.05) is 28.9 Å². The monoisotopic (exact) mass is 288 g/mol. The number of ether oxygens (including phenoxy) is 1. The summed E-state index contributed by atoms with van der Waals surface area (Å²) < 4.78 is 7.47. The van der Waals surface area contributed by atoms with Crippen molar-refractivity contribution in [2.75, 3.05) is 7.11 Å². The molecular weight excluding hydrogens is 264 g/mol. The number of nitrogens with one attached hydrogen (secondary N) is 1. The number of aromatic nitrogens is 2. The summed E-state index contributed by atoms with van der Waals surface area (Å²) in [4.78, 5) is 0. The van der Waals surface area contributed by atoms with Gasteiger partial charge in [0.1, 0.15) is 5.75 Å². The van der Waals surface area contributed by atoms with Crippen LogP contribution >= 0.6 is 0 Å². The van der Waals surface area contributed by atoms with Crippen molar-refractivity contribution in [3.63, 3.8) is 0 Å². The van der Waals surface area contributed by atoms with Crippen molar-refractivity contribution in [2.45, 2.75) is 39.3 Å². The van der Waals surface area contributed by atoms with Gasteiger partial charge < -0.3 is 4.74 Å². The Hall–Kier alpha value is -1.85. The van der Waals surface area contributed by atoms with E-state index in [1.54, 1.807) is 7.11 Å². The van der Waals surface area contributed by atoms with Crippen LogP contribution in [-0.4, -0.2) is 16.9 Å². The Morgan fingerprint density at radius 2 is 2.10 bits per heavy atom. The third kappa shape index (κ3) is 3.43. The van der Waals surface area contributed by atoms with Gasteiger partial charge in [-0.05, 0) is 25.5 Å². The average molecular weight is 288 g/mol. The molecule has 0 aliphatic heterocycles. The zero-order chi connectivity index (χ0) is 15.2. The first kappa shape index (κ1) is 15.5. The molecule has 1 aromatic carbocycles. The lowest BCUT2D eigenvalue weighted by atomic mass is 10.0. The molecule has 0 aliphatic carbocycles. The summed E-state index contributed by atoms with van der Waals surface area (Å²) in [5.74, 6) is 6.62. The number of para-hydroxylation sites is 1. The fourth-order valence-corrected chi connectivity index (χ4v) is 2.55. The lowest BCUT2D eigenvalue weighted by Gasteiger charge is -2.19. The van der Waals surface area contributed by atoms with E-state index >= 15 is 0 Å². The molecule has 5 nitrogen and oxygen atoms in total. The number of nitrogens with two attached hydrogens (primary N) is 1. The molecule has 5 heteroatoms. The van der Waals surface area contributed by atoms with Crippen LogP contribution < -0.4 is 16.0 Å². The van der Waals surface area contributed by atoms with E-state index in [0.717, 1.165) is 36.4 Å². The van der Waals surface area contributed by atoms with E-state index in [9.17, 15) is 0 Å². The average Bonchev–Trinajstić information content (AvgIpc) is 2.94. The third-order valence-corrected chi connectivity index (χ3v) is 3.70. The predicted octanol–water partition coefficient (Wildman–Crippen LogP) is 2.22. The number of aryl methyl sites for hydroxylation is 2. The van der Waals surface area contributed by atoms with E-state index in [0.29, 0.717) is 0 Å². The van der Waals surface area contributed by atoms with E-state index in [2.05, 4.69) is 30.4 Å². The molecule has 0 spiro atoms. The number of hydrazine groups is 1. The first-order chi connectivity index (χ1) is 10.2. The Labute approximate surface area is 126 Å². The Morgan fingerprint density at radius 3 is 2.71 bits per heavy atom. The SMILES string of the molecule is CCc1cc(CC(NN)c2ccccc2OC)n(CC)n1. The molecule has 2 rings (SSSR count). The maximum atomic E-state index is 5.77. The molecule has 0 bridgehead atoms. The van der Waals surface area contributed by atoms with Crippen LogP contribution in [-0.2, 0) is 19.4 Å². The largest absolute Gasteiger partial charge is 0.496 e. The zero-order valence-electron chi connectivity index (χ0n) is 13.0. The normalized spacial score (nSPS) is 12.4. The molecule has 1 heterocycles. The fraction of sp³-hybridized carbons (Fsp3) is 0.438. The molecule has 1 atom stereocenters. The molecule has 0 aliphatic rings. The fourth-order valence-electron chi connectivity index (χ4n) is 2.55. The van der Waals surface area contributed by atoms with Gasteiger partial charge in [0.15, 0.2) is 0 Å². The van der Waals surface area contributed by atoms with Crippen molar-refractivity contribution >= 4 is 0 Å². The van der Waals surface area contributed by atoms with Gasteiger partial charge in [-0.2, -0.15) is 5.10 Å². The standard InChI is InChI=1S/C16H24N4O/c1-4-12-10-13(20(5-2)19-12)11-15(18-17)14-8-6-7-9-16(14)21-3/h6-10,15,18H,4-5,11,17H2,1-3H3. The van der Waals surface area contributed by atoms with Crippen molar-refractivity contribution in [3.8, 4) is 5.75 Å². The van der Waals surface area contributed by atoms with Crippen molar-refractivity contribution in [1.82, 2.24) is 15.2 Å². The second-order valence-electron chi connectivity index (χ2n) is 4.96. The summed E-state index contributed by atoms with van der Waals surface area (Å²) in [7, 11) is 1.68. The van der Waals surface area contributed by atoms with E-state index in [1.165, 1.54) is 5.69 Å². The van der Waals surface area contributed by atoms with Crippen LogP contribution in [0.4, 0.5) is 0 Å². The first-order valence-corrected chi connectivity index (χ1v) is 7.38. The van der Waals surface area contributed by atoms with Crippen LogP contribution in [0.15, 0.2) is 30.3 Å². The highest BCUT2D eigenvalue weighted by Crippen LogP contribution is 2.27. The second kappa shape index (κ2) is 7.24. The molecule has 0 radical (unpaired) electrons. The van der Waals surface area contributed by atoms with Crippen LogP contribution in [0, 0.1) is 0 Å². The van der Waals surface area contributed by atoms with Crippen molar-refractivity contribution < 1.29 is 4.74 Å². The van der Waals surface area contributed by atoms with Gasteiger partial charge in [0, 0.05) is 24.2 Å². The molecule has 1 aromatic heterocycles. The van der Waals surface area contributed by atoms with Gasteiger partial charge in [0.25, 0.3) is 0 Å². The molecular formula is C16H24N4O. The quantitative estimate of drug-likeness (QED) is 0.605.